The van der Waals surface area contributed by atoms with Crippen molar-refractivity contribution in [1.82, 2.24) is 0 Å². The highest BCUT2D eigenvalue weighted by Gasteiger charge is 2.14. The van der Waals surface area contributed by atoms with Crippen molar-refractivity contribution in [3.05, 3.63) is 63.9 Å². The van der Waals surface area contributed by atoms with Crippen molar-refractivity contribution in [1.29, 1.82) is 0 Å². The summed E-state index contributed by atoms with van der Waals surface area (Å²) in [4.78, 5) is 0. The predicted octanol–water partition coefficient (Wildman–Crippen LogP) is 3.26. The van der Waals surface area contributed by atoms with E-state index in [0.29, 0.717) is 0 Å². The fourth-order valence-electron chi connectivity index (χ4n) is 1.66. The summed E-state index contributed by atoms with van der Waals surface area (Å²) < 4.78 is 20.2. The van der Waals surface area contributed by atoms with Crippen LogP contribution in [0.5, 0.6) is 5.75 Å². The molecule has 0 unspecified atom stereocenters. The van der Waals surface area contributed by atoms with E-state index in [0.717, 1.165) is 10.0 Å². The number of ether oxygens (including phenoxy) is 1. The number of halogens is 2. The minimum absolute atomic E-state index is 0.0490. The first-order valence-electron chi connectivity index (χ1n) is 5.75. The van der Waals surface area contributed by atoms with Crippen LogP contribution in [0.1, 0.15) is 11.1 Å². The van der Waals surface area contributed by atoms with E-state index in [-0.39, 0.29) is 23.8 Å². The average Bonchev–Trinajstić information content (AvgIpc) is 2.46. The number of benzene rings is 2. The Balaban J connectivity index is 2.21. The number of rotatable bonds is 4. The van der Waals surface area contributed by atoms with E-state index in [4.69, 9.17) is 15.7 Å². The zero-order valence-corrected chi connectivity index (χ0v) is 12.0. The molecule has 0 fully saturated rings. The Morgan fingerprint density at radius 3 is 2.60 bits per heavy atom. The number of hydrogen-bond donors (Lipinski definition) is 2. The second-order valence-corrected chi connectivity index (χ2v) is 4.93. The van der Waals surface area contributed by atoms with Crippen molar-refractivity contribution in [2.75, 3.05) is 0 Å². The Labute approximate surface area is 123 Å². The van der Waals surface area contributed by atoms with Crippen molar-refractivity contribution in [3.63, 3.8) is 0 Å². The average molecular weight is 339 g/mol. The third-order valence-electron chi connectivity index (χ3n) is 2.65. The molecule has 104 valence electrons. The number of amidine groups is 1. The van der Waals surface area contributed by atoms with Gasteiger partial charge in [-0.2, -0.15) is 0 Å². The molecule has 6 heteroatoms. The third-order valence-corrected chi connectivity index (χ3v) is 3.18. The van der Waals surface area contributed by atoms with Crippen LogP contribution in [0.4, 0.5) is 4.39 Å². The van der Waals surface area contributed by atoms with E-state index in [1.165, 1.54) is 12.1 Å². The molecule has 2 aromatic rings. The van der Waals surface area contributed by atoms with Crippen LogP contribution in [0.3, 0.4) is 0 Å². The van der Waals surface area contributed by atoms with E-state index in [9.17, 15) is 4.39 Å². The van der Waals surface area contributed by atoms with Gasteiger partial charge < -0.3 is 15.7 Å². The molecule has 0 aliphatic rings. The fourth-order valence-corrected chi connectivity index (χ4v) is 1.93. The molecule has 0 atom stereocenters. The molecular weight excluding hydrogens is 327 g/mol. The number of oxime groups is 1. The summed E-state index contributed by atoms with van der Waals surface area (Å²) in [6.07, 6.45) is 0. The lowest BCUT2D eigenvalue weighted by molar-refractivity contribution is 0.301. The van der Waals surface area contributed by atoms with Gasteiger partial charge in [-0.05, 0) is 29.8 Å². The van der Waals surface area contributed by atoms with Gasteiger partial charge in [0.2, 0.25) is 0 Å². The molecule has 0 aliphatic carbocycles. The molecule has 0 aromatic heterocycles. The van der Waals surface area contributed by atoms with Gasteiger partial charge in [0.15, 0.2) is 5.84 Å². The molecule has 20 heavy (non-hydrogen) atoms. The van der Waals surface area contributed by atoms with Crippen LogP contribution < -0.4 is 10.5 Å². The Morgan fingerprint density at radius 1 is 1.25 bits per heavy atom. The standard InChI is InChI=1S/C14H12BrFN2O2/c15-10-6-4-9(5-7-10)8-20-12-3-1-2-11(16)13(12)14(17)18-19/h1-7,19H,8H2,(H2,17,18). The molecular formula is C14H12BrFN2O2. The van der Waals surface area contributed by atoms with Crippen molar-refractivity contribution in [3.8, 4) is 5.75 Å². The normalized spacial score (nSPS) is 11.4. The largest absolute Gasteiger partial charge is 0.488 e. The van der Waals surface area contributed by atoms with E-state index >= 15 is 0 Å². The van der Waals surface area contributed by atoms with Crippen LogP contribution in [0.25, 0.3) is 0 Å². The quantitative estimate of drug-likeness (QED) is 0.389. The molecule has 0 spiro atoms. The first-order chi connectivity index (χ1) is 9.61. The molecule has 0 aliphatic heterocycles. The lowest BCUT2D eigenvalue weighted by Crippen LogP contribution is -2.17. The van der Waals surface area contributed by atoms with E-state index in [1.807, 2.05) is 24.3 Å². The summed E-state index contributed by atoms with van der Waals surface area (Å²) in [6, 6.07) is 11.8. The summed E-state index contributed by atoms with van der Waals surface area (Å²) in [6.45, 7) is 0.252. The maximum atomic E-state index is 13.7. The molecule has 2 aromatic carbocycles. The molecule has 0 amide bonds. The SMILES string of the molecule is N/C(=N\O)c1c(F)cccc1OCc1ccc(Br)cc1. The molecule has 2 rings (SSSR count). The Kier molecular flexibility index (Phi) is 4.57. The van der Waals surface area contributed by atoms with Gasteiger partial charge in [-0.3, -0.25) is 0 Å². The molecule has 0 bridgehead atoms. The minimum Gasteiger partial charge on any atom is -0.488 e. The number of hydrogen-bond acceptors (Lipinski definition) is 3. The van der Waals surface area contributed by atoms with Gasteiger partial charge in [-0.25, -0.2) is 4.39 Å². The van der Waals surface area contributed by atoms with Gasteiger partial charge in [0, 0.05) is 4.47 Å². The molecule has 4 nitrogen and oxygen atoms in total. The highest BCUT2D eigenvalue weighted by Crippen LogP contribution is 2.22. The zero-order valence-electron chi connectivity index (χ0n) is 10.4. The number of nitrogens with zero attached hydrogens (tertiary/aromatic N) is 1. The summed E-state index contributed by atoms with van der Waals surface area (Å²) >= 11 is 3.34. The van der Waals surface area contributed by atoms with Gasteiger partial charge in [0.25, 0.3) is 0 Å². The number of nitrogens with two attached hydrogens (primary N) is 1. The lowest BCUT2D eigenvalue weighted by Gasteiger charge is -2.11. The Bertz CT molecular complexity index is 630. The van der Waals surface area contributed by atoms with Crippen LogP contribution in [-0.4, -0.2) is 11.0 Å². The summed E-state index contributed by atoms with van der Waals surface area (Å²) in [5.74, 6) is -0.703. The molecule has 0 heterocycles. The van der Waals surface area contributed by atoms with Crippen LogP contribution in [0.15, 0.2) is 52.1 Å². The first-order valence-corrected chi connectivity index (χ1v) is 6.54. The van der Waals surface area contributed by atoms with Gasteiger partial charge in [-0.15, -0.1) is 0 Å². The molecule has 0 radical (unpaired) electrons. The van der Waals surface area contributed by atoms with Gasteiger partial charge in [-0.1, -0.05) is 39.3 Å². The van der Waals surface area contributed by atoms with Gasteiger partial charge >= 0.3 is 0 Å². The second-order valence-electron chi connectivity index (χ2n) is 4.01. The lowest BCUT2D eigenvalue weighted by atomic mass is 10.1. The van der Waals surface area contributed by atoms with Crippen molar-refractivity contribution < 1.29 is 14.3 Å². The molecule has 3 N–H and O–H groups in total. The van der Waals surface area contributed by atoms with Crippen molar-refractivity contribution >= 4 is 21.8 Å². The van der Waals surface area contributed by atoms with E-state index in [1.54, 1.807) is 6.07 Å². The third kappa shape index (κ3) is 3.27. The monoisotopic (exact) mass is 338 g/mol. The van der Waals surface area contributed by atoms with Gasteiger partial charge in [0.05, 0.1) is 5.56 Å². The maximum Gasteiger partial charge on any atom is 0.176 e. The summed E-state index contributed by atoms with van der Waals surface area (Å²) in [7, 11) is 0. The van der Waals surface area contributed by atoms with Crippen LogP contribution in [-0.2, 0) is 6.61 Å². The molecule has 0 saturated heterocycles. The first kappa shape index (κ1) is 14.3. The predicted molar refractivity (Wildman–Crippen MR) is 77.4 cm³/mol. The topological polar surface area (TPSA) is 67.8 Å². The smallest absolute Gasteiger partial charge is 0.176 e. The van der Waals surface area contributed by atoms with Crippen molar-refractivity contribution in [2.24, 2.45) is 10.9 Å². The molecule has 0 saturated carbocycles. The van der Waals surface area contributed by atoms with Crippen molar-refractivity contribution in [2.45, 2.75) is 6.61 Å². The zero-order chi connectivity index (χ0) is 14.5. The van der Waals surface area contributed by atoms with E-state index < -0.39 is 5.82 Å². The fraction of sp³-hybridized carbons (Fsp3) is 0.0714. The van der Waals surface area contributed by atoms with Crippen LogP contribution in [0.2, 0.25) is 0 Å². The highest BCUT2D eigenvalue weighted by molar-refractivity contribution is 9.10. The second kappa shape index (κ2) is 6.38. The van der Waals surface area contributed by atoms with E-state index in [2.05, 4.69) is 21.1 Å². The highest BCUT2D eigenvalue weighted by atomic mass is 79.9. The van der Waals surface area contributed by atoms with Gasteiger partial charge in [0.1, 0.15) is 18.2 Å². The maximum absolute atomic E-state index is 13.7. The minimum atomic E-state index is -0.603. The van der Waals surface area contributed by atoms with Crippen LogP contribution >= 0.6 is 15.9 Å². The van der Waals surface area contributed by atoms with Crippen LogP contribution in [0, 0.1) is 5.82 Å². The Morgan fingerprint density at radius 2 is 1.95 bits per heavy atom. The summed E-state index contributed by atoms with van der Waals surface area (Å²) in [5.41, 5.74) is 6.33. The summed E-state index contributed by atoms with van der Waals surface area (Å²) in [5, 5.41) is 11.5. The Hall–Kier alpha value is -2.08.